The summed E-state index contributed by atoms with van der Waals surface area (Å²) in [5, 5.41) is 14.1. The lowest BCUT2D eigenvalue weighted by Crippen LogP contribution is -2.61. The Hall–Kier alpha value is -2.12. The van der Waals surface area contributed by atoms with Gasteiger partial charge in [-0.15, -0.1) is 0 Å². The highest BCUT2D eigenvalue weighted by Gasteiger charge is 2.41. The Morgan fingerprint density at radius 2 is 1.57 bits per heavy atom. The smallest absolute Gasteiger partial charge is 0.329 e. The summed E-state index contributed by atoms with van der Waals surface area (Å²) in [6.45, 7) is -0.486. The molecule has 3 N–H and O–H groups in total. The number of carbonyl (C=O) groups excluding carboxylic acids is 3. The van der Waals surface area contributed by atoms with E-state index >= 15 is 0 Å². The van der Waals surface area contributed by atoms with Gasteiger partial charge in [0, 0.05) is 0 Å². The Morgan fingerprint density at radius 1 is 1.05 bits per heavy atom. The molecule has 116 valence electrons. The van der Waals surface area contributed by atoms with E-state index in [2.05, 4.69) is 10.6 Å². The number of amides is 4. The van der Waals surface area contributed by atoms with E-state index in [1.165, 1.54) is 0 Å². The molecule has 1 saturated heterocycles. The Kier molecular flexibility index (Phi) is 4.44. The molecule has 0 aromatic carbocycles. The number of aliphatic carboxylic acids is 1. The van der Waals surface area contributed by atoms with E-state index in [4.69, 9.17) is 0 Å². The number of carboxylic acids is 1. The number of rotatable bonds is 2. The molecule has 0 spiro atoms. The molecule has 1 aliphatic carbocycles. The Morgan fingerprint density at radius 3 is 2.05 bits per heavy atom. The minimum Gasteiger partial charge on any atom is -0.480 e. The summed E-state index contributed by atoms with van der Waals surface area (Å²) in [5.74, 6) is -2.19. The van der Waals surface area contributed by atoms with E-state index in [1.807, 2.05) is 0 Å². The SMILES string of the molecule is O=C1CN(C(=O)NC2(C(=O)O)CCCCCC2)CC(=O)N1. The summed E-state index contributed by atoms with van der Waals surface area (Å²) in [7, 11) is 0. The first kappa shape index (κ1) is 15.3. The van der Waals surface area contributed by atoms with Gasteiger partial charge in [0.25, 0.3) is 0 Å². The number of urea groups is 1. The van der Waals surface area contributed by atoms with Crippen LogP contribution in [-0.2, 0) is 14.4 Å². The fourth-order valence-corrected chi connectivity index (χ4v) is 2.79. The van der Waals surface area contributed by atoms with Crippen molar-refractivity contribution in [3.05, 3.63) is 0 Å². The molecule has 1 aliphatic heterocycles. The van der Waals surface area contributed by atoms with Gasteiger partial charge in [0.2, 0.25) is 11.8 Å². The second kappa shape index (κ2) is 6.11. The fourth-order valence-electron chi connectivity index (χ4n) is 2.79. The van der Waals surface area contributed by atoms with Crippen molar-refractivity contribution in [2.75, 3.05) is 13.1 Å². The van der Waals surface area contributed by atoms with E-state index < -0.39 is 29.4 Å². The predicted octanol–water partition coefficient (Wildman–Crippen LogP) is -0.168. The number of carboxylic acid groups (broad SMARTS) is 1. The zero-order valence-corrected chi connectivity index (χ0v) is 11.7. The van der Waals surface area contributed by atoms with Gasteiger partial charge in [-0.25, -0.2) is 9.59 Å². The Balaban J connectivity index is 2.09. The van der Waals surface area contributed by atoms with Gasteiger partial charge in [-0.2, -0.15) is 0 Å². The van der Waals surface area contributed by atoms with Crippen LogP contribution in [-0.4, -0.2) is 52.4 Å². The summed E-state index contributed by atoms with van der Waals surface area (Å²) < 4.78 is 0. The Bertz CT molecular complexity index is 452. The van der Waals surface area contributed by atoms with Crippen molar-refractivity contribution < 1.29 is 24.3 Å². The van der Waals surface area contributed by atoms with Crippen LogP contribution in [0.1, 0.15) is 38.5 Å². The summed E-state index contributed by atoms with van der Waals surface area (Å²) in [6, 6.07) is -0.678. The molecule has 21 heavy (non-hydrogen) atoms. The monoisotopic (exact) mass is 297 g/mol. The minimum absolute atomic E-state index is 0.243. The second-order valence-corrected chi connectivity index (χ2v) is 5.56. The Labute approximate surface area is 121 Å². The summed E-state index contributed by atoms with van der Waals surface area (Å²) in [6.07, 6.45) is 4.06. The van der Waals surface area contributed by atoms with Crippen LogP contribution in [0.4, 0.5) is 4.79 Å². The van der Waals surface area contributed by atoms with Gasteiger partial charge in [0.05, 0.1) is 0 Å². The molecular formula is C13H19N3O5. The molecule has 2 rings (SSSR count). The second-order valence-electron chi connectivity index (χ2n) is 5.56. The molecule has 2 aliphatic rings. The maximum absolute atomic E-state index is 12.2. The van der Waals surface area contributed by atoms with Crippen molar-refractivity contribution >= 4 is 23.8 Å². The molecule has 0 bridgehead atoms. The van der Waals surface area contributed by atoms with Crippen molar-refractivity contribution in [2.24, 2.45) is 0 Å². The summed E-state index contributed by atoms with van der Waals surface area (Å²) in [5.41, 5.74) is -1.30. The number of imide groups is 1. The topological polar surface area (TPSA) is 116 Å². The average Bonchev–Trinajstić information content (AvgIpc) is 2.64. The number of nitrogens with one attached hydrogen (secondary N) is 2. The van der Waals surface area contributed by atoms with Gasteiger partial charge in [0.15, 0.2) is 0 Å². The first-order chi connectivity index (χ1) is 9.93. The maximum Gasteiger partial charge on any atom is 0.329 e. The van der Waals surface area contributed by atoms with Gasteiger partial charge >= 0.3 is 12.0 Å². The van der Waals surface area contributed by atoms with E-state index in [9.17, 15) is 24.3 Å². The number of hydrogen-bond acceptors (Lipinski definition) is 4. The van der Waals surface area contributed by atoms with Crippen molar-refractivity contribution in [1.82, 2.24) is 15.5 Å². The van der Waals surface area contributed by atoms with Crippen LogP contribution < -0.4 is 10.6 Å². The molecule has 1 saturated carbocycles. The summed E-state index contributed by atoms with van der Waals surface area (Å²) in [4.78, 5) is 47.4. The average molecular weight is 297 g/mol. The zero-order valence-electron chi connectivity index (χ0n) is 11.7. The molecule has 0 radical (unpaired) electrons. The van der Waals surface area contributed by atoms with Crippen LogP contribution in [0.3, 0.4) is 0 Å². The zero-order chi connectivity index (χ0) is 15.5. The van der Waals surface area contributed by atoms with Crippen molar-refractivity contribution in [3.8, 4) is 0 Å². The summed E-state index contributed by atoms with van der Waals surface area (Å²) >= 11 is 0. The first-order valence-electron chi connectivity index (χ1n) is 7.06. The van der Waals surface area contributed by atoms with Crippen LogP contribution in [0, 0.1) is 0 Å². The van der Waals surface area contributed by atoms with Crippen molar-refractivity contribution in [3.63, 3.8) is 0 Å². The lowest BCUT2D eigenvalue weighted by molar-refractivity contribution is -0.145. The van der Waals surface area contributed by atoms with Gasteiger partial charge in [0.1, 0.15) is 18.6 Å². The molecule has 0 aromatic rings. The standard InChI is InChI=1S/C13H19N3O5/c17-9-7-16(8-10(18)14-9)12(21)15-13(11(19)20)5-3-1-2-4-6-13/h1-8H2,(H,15,21)(H,19,20)(H,14,17,18). The fraction of sp³-hybridized carbons (Fsp3) is 0.692. The van der Waals surface area contributed by atoms with Crippen molar-refractivity contribution in [2.45, 2.75) is 44.1 Å². The molecule has 8 nitrogen and oxygen atoms in total. The molecule has 2 fully saturated rings. The quantitative estimate of drug-likeness (QED) is 0.483. The van der Waals surface area contributed by atoms with E-state index in [-0.39, 0.29) is 13.1 Å². The number of nitrogens with zero attached hydrogens (tertiary/aromatic N) is 1. The van der Waals surface area contributed by atoms with Crippen LogP contribution in [0.15, 0.2) is 0 Å². The molecule has 1 heterocycles. The largest absolute Gasteiger partial charge is 0.480 e. The van der Waals surface area contributed by atoms with E-state index in [1.54, 1.807) is 0 Å². The molecule has 0 unspecified atom stereocenters. The third kappa shape index (κ3) is 3.50. The predicted molar refractivity (Wildman–Crippen MR) is 71.3 cm³/mol. The molecule has 4 amide bonds. The van der Waals surface area contributed by atoms with E-state index in [0.29, 0.717) is 12.8 Å². The van der Waals surface area contributed by atoms with Gasteiger partial charge in [-0.1, -0.05) is 25.7 Å². The number of piperazine rings is 1. The number of carbonyl (C=O) groups is 4. The lowest BCUT2D eigenvalue weighted by Gasteiger charge is -2.33. The highest BCUT2D eigenvalue weighted by Crippen LogP contribution is 2.27. The third-order valence-electron chi connectivity index (χ3n) is 3.95. The highest BCUT2D eigenvalue weighted by atomic mass is 16.4. The molecule has 8 heteroatoms. The van der Waals surface area contributed by atoms with Crippen LogP contribution in [0.2, 0.25) is 0 Å². The minimum atomic E-state index is -1.30. The van der Waals surface area contributed by atoms with Crippen LogP contribution in [0.25, 0.3) is 0 Å². The molecular weight excluding hydrogens is 278 g/mol. The van der Waals surface area contributed by atoms with Gasteiger partial charge in [-0.3, -0.25) is 14.9 Å². The van der Waals surface area contributed by atoms with Crippen molar-refractivity contribution in [1.29, 1.82) is 0 Å². The maximum atomic E-state index is 12.2. The van der Waals surface area contributed by atoms with E-state index in [0.717, 1.165) is 30.6 Å². The van der Waals surface area contributed by atoms with Gasteiger partial charge in [-0.05, 0) is 12.8 Å². The lowest BCUT2D eigenvalue weighted by atomic mass is 9.90. The molecule has 0 aromatic heterocycles. The highest BCUT2D eigenvalue weighted by molar-refractivity contribution is 6.02. The first-order valence-corrected chi connectivity index (χ1v) is 7.06. The molecule has 0 atom stereocenters. The third-order valence-corrected chi connectivity index (χ3v) is 3.95. The van der Waals surface area contributed by atoms with Crippen LogP contribution in [0.5, 0.6) is 0 Å². The normalized spacial score (nSPS) is 22.2. The number of hydrogen-bond donors (Lipinski definition) is 3. The van der Waals surface area contributed by atoms with Gasteiger partial charge < -0.3 is 15.3 Å². The van der Waals surface area contributed by atoms with Crippen LogP contribution >= 0.6 is 0 Å².